The Morgan fingerprint density at radius 1 is 1.25 bits per heavy atom. The molecule has 0 saturated heterocycles. The van der Waals surface area contributed by atoms with Crippen molar-refractivity contribution in [2.45, 2.75) is 52.2 Å². The molecule has 1 rings (SSSR count). The van der Waals surface area contributed by atoms with Gasteiger partial charge in [-0.25, -0.2) is 0 Å². The van der Waals surface area contributed by atoms with Crippen LogP contribution in [-0.2, 0) is 0 Å². The molecule has 0 saturated carbocycles. The summed E-state index contributed by atoms with van der Waals surface area (Å²) in [5.41, 5.74) is 0.289. The third-order valence-corrected chi connectivity index (χ3v) is 3.92. The first-order valence-electron chi connectivity index (χ1n) is 7.36. The average molecular weight is 277 g/mol. The molecule has 0 aromatic heterocycles. The van der Waals surface area contributed by atoms with E-state index < -0.39 is 5.54 Å². The molecule has 3 nitrogen and oxygen atoms in total. The molecular formula is C17H27NO2. The van der Waals surface area contributed by atoms with E-state index in [1.165, 1.54) is 0 Å². The highest BCUT2D eigenvalue weighted by molar-refractivity contribution is 6.03. The van der Waals surface area contributed by atoms with Crippen LogP contribution in [-0.4, -0.2) is 36.4 Å². The van der Waals surface area contributed by atoms with E-state index in [9.17, 15) is 4.79 Å². The summed E-state index contributed by atoms with van der Waals surface area (Å²) >= 11 is 0. The average Bonchev–Trinajstić information content (AvgIpc) is 2.39. The molecule has 0 aliphatic rings. The molecular weight excluding hydrogens is 250 g/mol. The van der Waals surface area contributed by atoms with Crippen LogP contribution in [0.1, 0.15) is 50.9 Å². The molecule has 0 atom stereocenters. The van der Waals surface area contributed by atoms with E-state index >= 15 is 0 Å². The van der Waals surface area contributed by atoms with Crippen molar-refractivity contribution in [3.8, 4) is 5.75 Å². The van der Waals surface area contributed by atoms with Gasteiger partial charge in [0.05, 0.1) is 11.6 Å². The number of carbonyl (C=O) groups is 1. The Kier molecular flexibility index (Phi) is 5.75. The second kappa shape index (κ2) is 6.89. The minimum Gasteiger partial charge on any atom is -0.491 e. The highest BCUT2D eigenvalue weighted by Gasteiger charge is 2.37. The summed E-state index contributed by atoms with van der Waals surface area (Å²) < 4.78 is 5.68. The van der Waals surface area contributed by atoms with Crippen LogP contribution in [0.2, 0.25) is 0 Å². The minimum atomic E-state index is -0.434. The van der Waals surface area contributed by atoms with Gasteiger partial charge in [-0.1, -0.05) is 26.0 Å². The van der Waals surface area contributed by atoms with Crippen LogP contribution in [0.3, 0.4) is 0 Å². The predicted molar refractivity (Wildman–Crippen MR) is 83.5 cm³/mol. The molecule has 0 aliphatic heterocycles. The van der Waals surface area contributed by atoms with E-state index in [1.54, 1.807) is 0 Å². The van der Waals surface area contributed by atoms with Crippen LogP contribution in [0.15, 0.2) is 24.3 Å². The quantitative estimate of drug-likeness (QED) is 0.710. The molecule has 0 spiro atoms. The fraction of sp³-hybridized carbons (Fsp3) is 0.588. The summed E-state index contributed by atoms with van der Waals surface area (Å²) in [6.07, 6.45) is 1.70. The Balaban J connectivity index is 3.13. The van der Waals surface area contributed by atoms with Gasteiger partial charge in [-0.05, 0) is 52.9 Å². The van der Waals surface area contributed by atoms with Crippen LogP contribution >= 0.6 is 0 Å². The lowest BCUT2D eigenvalue weighted by molar-refractivity contribution is 0.0655. The van der Waals surface area contributed by atoms with Crippen LogP contribution in [0.25, 0.3) is 0 Å². The van der Waals surface area contributed by atoms with Gasteiger partial charge < -0.3 is 4.74 Å². The summed E-state index contributed by atoms with van der Waals surface area (Å²) in [7, 11) is 3.94. The van der Waals surface area contributed by atoms with Gasteiger partial charge in [-0.2, -0.15) is 0 Å². The molecule has 112 valence electrons. The van der Waals surface area contributed by atoms with E-state index in [-0.39, 0.29) is 11.9 Å². The standard InChI is InChI=1S/C17H27NO2/c1-7-17(8-2,18(5)6)16(19)14-10-9-11-15(12-14)20-13(3)4/h9-13H,7-8H2,1-6H3. The lowest BCUT2D eigenvalue weighted by Crippen LogP contribution is -2.50. The summed E-state index contributed by atoms with van der Waals surface area (Å²) in [6.45, 7) is 8.10. The monoisotopic (exact) mass is 277 g/mol. The van der Waals surface area contributed by atoms with Gasteiger partial charge >= 0.3 is 0 Å². The maximum absolute atomic E-state index is 12.9. The zero-order chi connectivity index (χ0) is 15.3. The first kappa shape index (κ1) is 16.7. The van der Waals surface area contributed by atoms with E-state index in [0.717, 1.165) is 24.2 Å². The number of likely N-dealkylation sites (N-methyl/N-ethyl adjacent to an activating group) is 1. The first-order chi connectivity index (χ1) is 9.37. The third-order valence-electron chi connectivity index (χ3n) is 3.92. The Morgan fingerprint density at radius 3 is 2.30 bits per heavy atom. The lowest BCUT2D eigenvalue weighted by Gasteiger charge is -2.37. The first-order valence-corrected chi connectivity index (χ1v) is 7.36. The Morgan fingerprint density at radius 2 is 1.85 bits per heavy atom. The normalized spacial score (nSPS) is 12.0. The Bertz CT molecular complexity index is 448. The highest BCUT2D eigenvalue weighted by atomic mass is 16.5. The minimum absolute atomic E-state index is 0.108. The number of ketones is 1. The Labute approximate surface area is 122 Å². The van der Waals surface area contributed by atoms with Crippen LogP contribution in [0.4, 0.5) is 0 Å². The van der Waals surface area contributed by atoms with Crippen LogP contribution in [0.5, 0.6) is 5.75 Å². The van der Waals surface area contributed by atoms with Gasteiger partial charge in [0.25, 0.3) is 0 Å². The zero-order valence-corrected chi connectivity index (χ0v) is 13.6. The molecule has 0 amide bonds. The Hall–Kier alpha value is -1.35. The summed E-state index contributed by atoms with van der Waals surface area (Å²) in [5.74, 6) is 0.924. The summed E-state index contributed by atoms with van der Waals surface area (Å²) in [4.78, 5) is 14.9. The zero-order valence-electron chi connectivity index (χ0n) is 13.6. The van der Waals surface area contributed by atoms with Crippen molar-refractivity contribution in [2.75, 3.05) is 14.1 Å². The van der Waals surface area contributed by atoms with E-state index in [4.69, 9.17) is 4.74 Å². The molecule has 1 aromatic carbocycles. The molecule has 20 heavy (non-hydrogen) atoms. The van der Waals surface area contributed by atoms with Gasteiger partial charge in [0.1, 0.15) is 5.75 Å². The third kappa shape index (κ3) is 3.40. The molecule has 0 unspecified atom stereocenters. The number of ether oxygens (including phenoxy) is 1. The van der Waals surface area contributed by atoms with Crippen molar-refractivity contribution in [3.05, 3.63) is 29.8 Å². The topological polar surface area (TPSA) is 29.5 Å². The molecule has 1 aromatic rings. The lowest BCUT2D eigenvalue weighted by atomic mass is 9.83. The molecule has 0 bridgehead atoms. The van der Waals surface area contributed by atoms with Crippen molar-refractivity contribution in [1.82, 2.24) is 4.90 Å². The van der Waals surface area contributed by atoms with Crippen molar-refractivity contribution in [3.63, 3.8) is 0 Å². The maximum atomic E-state index is 12.9. The molecule has 0 N–H and O–H groups in total. The van der Waals surface area contributed by atoms with Gasteiger partial charge in [0.15, 0.2) is 5.78 Å². The van der Waals surface area contributed by atoms with Crippen LogP contribution in [0, 0.1) is 0 Å². The molecule has 0 fully saturated rings. The number of carbonyl (C=O) groups excluding carboxylic acids is 1. The van der Waals surface area contributed by atoms with Crippen LogP contribution < -0.4 is 4.74 Å². The number of hydrogen-bond donors (Lipinski definition) is 0. The van der Waals surface area contributed by atoms with Gasteiger partial charge in [-0.15, -0.1) is 0 Å². The SMILES string of the molecule is CCC(CC)(C(=O)c1cccc(OC(C)C)c1)N(C)C. The van der Waals surface area contributed by atoms with Crippen molar-refractivity contribution in [1.29, 1.82) is 0 Å². The predicted octanol–water partition coefficient (Wildman–Crippen LogP) is 3.78. The number of hydrogen-bond acceptors (Lipinski definition) is 3. The van der Waals surface area contributed by atoms with Crippen molar-refractivity contribution in [2.24, 2.45) is 0 Å². The maximum Gasteiger partial charge on any atom is 0.183 e. The van der Waals surface area contributed by atoms with E-state index in [0.29, 0.717) is 0 Å². The molecule has 0 aliphatic carbocycles. The fourth-order valence-electron chi connectivity index (χ4n) is 2.66. The molecule has 0 radical (unpaired) electrons. The number of nitrogens with zero attached hydrogens (tertiary/aromatic N) is 1. The number of rotatable bonds is 7. The summed E-state index contributed by atoms with van der Waals surface area (Å²) in [6, 6.07) is 7.51. The second-order valence-electron chi connectivity index (χ2n) is 5.66. The van der Waals surface area contributed by atoms with Gasteiger partial charge in [0, 0.05) is 5.56 Å². The molecule has 0 heterocycles. The highest BCUT2D eigenvalue weighted by Crippen LogP contribution is 2.28. The largest absolute Gasteiger partial charge is 0.491 e. The van der Waals surface area contributed by atoms with E-state index in [1.807, 2.05) is 57.1 Å². The smallest absolute Gasteiger partial charge is 0.183 e. The number of Topliss-reactive ketones (excluding diaryl/α,β-unsaturated/α-hetero) is 1. The van der Waals surface area contributed by atoms with Crippen molar-refractivity contribution >= 4 is 5.78 Å². The van der Waals surface area contributed by atoms with Gasteiger partial charge in [0.2, 0.25) is 0 Å². The van der Waals surface area contributed by atoms with Crippen molar-refractivity contribution < 1.29 is 9.53 Å². The van der Waals surface area contributed by atoms with Gasteiger partial charge in [-0.3, -0.25) is 9.69 Å². The van der Waals surface area contributed by atoms with E-state index in [2.05, 4.69) is 13.8 Å². The second-order valence-corrected chi connectivity index (χ2v) is 5.66. The molecule has 3 heteroatoms. The number of benzene rings is 1. The fourth-order valence-corrected chi connectivity index (χ4v) is 2.66. The summed E-state index contributed by atoms with van der Waals surface area (Å²) in [5, 5.41) is 0.